The Bertz CT molecular complexity index is 463. The topological polar surface area (TPSA) is 41.1 Å². The zero-order valence-electron chi connectivity index (χ0n) is 10.3. The van der Waals surface area contributed by atoms with Gasteiger partial charge < -0.3 is 10.6 Å². The molecule has 0 aromatic heterocycles. The van der Waals surface area contributed by atoms with Gasteiger partial charge in [0.05, 0.1) is 5.92 Å². The molecule has 3 rings (SSSR count). The fourth-order valence-electron chi connectivity index (χ4n) is 2.65. The lowest BCUT2D eigenvalue weighted by Crippen LogP contribution is -2.42. The van der Waals surface area contributed by atoms with Crippen LogP contribution in [0.3, 0.4) is 0 Å². The molecule has 2 aliphatic rings. The van der Waals surface area contributed by atoms with Crippen LogP contribution in [-0.4, -0.2) is 17.5 Å². The van der Waals surface area contributed by atoms with Crippen molar-refractivity contribution in [1.29, 1.82) is 0 Å². The number of amides is 1. The third-order valence-electron chi connectivity index (χ3n) is 3.64. The number of anilines is 1. The maximum atomic E-state index is 12.3. The van der Waals surface area contributed by atoms with Crippen LogP contribution in [-0.2, 0) is 4.79 Å². The molecule has 1 aliphatic carbocycles. The first-order chi connectivity index (χ1) is 8.08. The molecule has 1 atom stereocenters. The SMILES string of the molecule is CC1(C)Nc2ccccc2C1C(=O)NC1CC1. The summed E-state index contributed by atoms with van der Waals surface area (Å²) in [5.74, 6) is 0.0780. The fourth-order valence-corrected chi connectivity index (χ4v) is 2.65. The molecular weight excluding hydrogens is 212 g/mol. The van der Waals surface area contributed by atoms with Crippen molar-refractivity contribution in [3.05, 3.63) is 29.8 Å². The molecule has 3 nitrogen and oxygen atoms in total. The van der Waals surface area contributed by atoms with E-state index in [0.29, 0.717) is 6.04 Å². The van der Waals surface area contributed by atoms with E-state index in [-0.39, 0.29) is 17.4 Å². The van der Waals surface area contributed by atoms with Gasteiger partial charge in [-0.25, -0.2) is 0 Å². The molecule has 0 bridgehead atoms. The van der Waals surface area contributed by atoms with E-state index in [4.69, 9.17) is 0 Å². The monoisotopic (exact) mass is 230 g/mol. The average molecular weight is 230 g/mol. The van der Waals surface area contributed by atoms with Crippen LogP contribution in [0.2, 0.25) is 0 Å². The van der Waals surface area contributed by atoms with E-state index < -0.39 is 0 Å². The molecule has 1 aliphatic heterocycles. The van der Waals surface area contributed by atoms with E-state index in [1.807, 2.05) is 24.3 Å². The summed E-state index contributed by atoms with van der Waals surface area (Å²) >= 11 is 0. The van der Waals surface area contributed by atoms with E-state index in [1.54, 1.807) is 0 Å². The molecule has 1 saturated carbocycles. The smallest absolute Gasteiger partial charge is 0.230 e. The molecule has 1 fully saturated rings. The molecule has 90 valence electrons. The molecule has 17 heavy (non-hydrogen) atoms. The number of rotatable bonds is 2. The molecule has 3 heteroatoms. The van der Waals surface area contributed by atoms with Crippen molar-refractivity contribution >= 4 is 11.6 Å². The minimum atomic E-state index is -0.206. The highest BCUT2D eigenvalue weighted by Crippen LogP contribution is 2.42. The van der Waals surface area contributed by atoms with Gasteiger partial charge in [0.25, 0.3) is 0 Å². The molecule has 1 aromatic carbocycles. The molecule has 1 aromatic rings. The quantitative estimate of drug-likeness (QED) is 0.818. The normalized spacial score (nSPS) is 24.9. The number of fused-ring (bicyclic) bond motifs is 1. The van der Waals surface area contributed by atoms with Gasteiger partial charge in [-0.05, 0) is 38.3 Å². The first kappa shape index (κ1) is 10.6. The Labute approximate surface area is 102 Å². The van der Waals surface area contributed by atoms with Crippen LogP contribution in [0.25, 0.3) is 0 Å². The van der Waals surface area contributed by atoms with E-state index in [2.05, 4.69) is 24.5 Å². The maximum absolute atomic E-state index is 12.3. The highest BCUT2D eigenvalue weighted by molar-refractivity contribution is 5.90. The molecule has 1 unspecified atom stereocenters. The highest BCUT2D eigenvalue weighted by Gasteiger charge is 2.44. The van der Waals surface area contributed by atoms with E-state index in [0.717, 1.165) is 24.1 Å². The van der Waals surface area contributed by atoms with Gasteiger partial charge in [0.1, 0.15) is 0 Å². The van der Waals surface area contributed by atoms with Crippen LogP contribution in [0, 0.1) is 0 Å². The summed E-state index contributed by atoms with van der Waals surface area (Å²) in [6.45, 7) is 4.17. The van der Waals surface area contributed by atoms with Crippen molar-refractivity contribution in [1.82, 2.24) is 5.32 Å². The Morgan fingerprint density at radius 2 is 2.06 bits per heavy atom. The Morgan fingerprint density at radius 1 is 1.35 bits per heavy atom. The van der Waals surface area contributed by atoms with Crippen molar-refractivity contribution in [3.8, 4) is 0 Å². The van der Waals surface area contributed by atoms with Gasteiger partial charge in [0.15, 0.2) is 0 Å². The van der Waals surface area contributed by atoms with Crippen molar-refractivity contribution < 1.29 is 4.79 Å². The summed E-state index contributed by atoms with van der Waals surface area (Å²) in [6, 6.07) is 8.52. The van der Waals surface area contributed by atoms with Gasteiger partial charge in [-0.3, -0.25) is 4.79 Å². The zero-order valence-corrected chi connectivity index (χ0v) is 10.3. The van der Waals surface area contributed by atoms with Crippen molar-refractivity contribution in [2.45, 2.75) is 44.2 Å². The maximum Gasteiger partial charge on any atom is 0.230 e. The molecule has 0 saturated heterocycles. The number of carbonyl (C=O) groups is 1. The van der Waals surface area contributed by atoms with Crippen LogP contribution < -0.4 is 10.6 Å². The zero-order chi connectivity index (χ0) is 12.0. The second-order valence-electron chi connectivity index (χ2n) is 5.65. The van der Waals surface area contributed by atoms with Gasteiger partial charge in [-0.15, -0.1) is 0 Å². The van der Waals surface area contributed by atoms with Gasteiger partial charge in [0.2, 0.25) is 5.91 Å². The summed E-state index contributed by atoms with van der Waals surface area (Å²) in [5.41, 5.74) is 2.01. The van der Waals surface area contributed by atoms with Crippen LogP contribution in [0.4, 0.5) is 5.69 Å². The standard InChI is InChI=1S/C14H18N2O/c1-14(2)12(13(17)15-9-7-8-9)10-5-3-4-6-11(10)16-14/h3-6,9,12,16H,7-8H2,1-2H3,(H,15,17). The third-order valence-corrected chi connectivity index (χ3v) is 3.64. The summed E-state index contributed by atoms with van der Waals surface area (Å²) in [7, 11) is 0. The number of carbonyl (C=O) groups excluding carboxylic acids is 1. The number of nitrogens with one attached hydrogen (secondary N) is 2. The second kappa shape index (κ2) is 3.49. The van der Waals surface area contributed by atoms with E-state index in [1.165, 1.54) is 0 Å². The average Bonchev–Trinajstić information content (AvgIpc) is 2.99. The first-order valence-electron chi connectivity index (χ1n) is 6.25. The van der Waals surface area contributed by atoms with Crippen LogP contribution in [0.15, 0.2) is 24.3 Å². The third kappa shape index (κ3) is 1.79. The predicted molar refractivity (Wildman–Crippen MR) is 68.0 cm³/mol. The van der Waals surface area contributed by atoms with Crippen LogP contribution in [0.5, 0.6) is 0 Å². The predicted octanol–water partition coefficient (Wildman–Crippen LogP) is 2.25. The largest absolute Gasteiger partial charge is 0.379 e. The van der Waals surface area contributed by atoms with Crippen molar-refractivity contribution in [2.24, 2.45) is 0 Å². The minimum Gasteiger partial charge on any atom is -0.379 e. The van der Waals surface area contributed by atoms with Gasteiger partial charge in [-0.2, -0.15) is 0 Å². The van der Waals surface area contributed by atoms with Crippen molar-refractivity contribution in [2.75, 3.05) is 5.32 Å². The lowest BCUT2D eigenvalue weighted by molar-refractivity contribution is -0.123. The summed E-state index contributed by atoms with van der Waals surface area (Å²) in [6.07, 6.45) is 2.27. The van der Waals surface area contributed by atoms with Crippen molar-refractivity contribution in [3.63, 3.8) is 0 Å². The molecule has 1 heterocycles. The van der Waals surface area contributed by atoms with E-state index in [9.17, 15) is 4.79 Å². The van der Waals surface area contributed by atoms with E-state index >= 15 is 0 Å². The van der Waals surface area contributed by atoms with Gasteiger partial charge in [0, 0.05) is 17.3 Å². The Balaban J connectivity index is 1.92. The fraction of sp³-hybridized carbons (Fsp3) is 0.500. The number of hydrogen-bond donors (Lipinski definition) is 2. The molecular formula is C14H18N2O. The van der Waals surface area contributed by atoms with Crippen LogP contribution >= 0.6 is 0 Å². The molecule has 2 N–H and O–H groups in total. The molecule has 0 radical (unpaired) electrons. The first-order valence-corrected chi connectivity index (χ1v) is 6.25. The Morgan fingerprint density at radius 3 is 2.76 bits per heavy atom. The van der Waals surface area contributed by atoms with Gasteiger partial charge in [-0.1, -0.05) is 18.2 Å². The molecule has 1 amide bonds. The number of para-hydroxylation sites is 1. The second-order valence-corrected chi connectivity index (χ2v) is 5.65. The highest BCUT2D eigenvalue weighted by atomic mass is 16.2. The van der Waals surface area contributed by atoms with Gasteiger partial charge >= 0.3 is 0 Å². The summed E-state index contributed by atoms with van der Waals surface area (Å²) in [5, 5.41) is 6.55. The Kier molecular flexibility index (Phi) is 2.18. The summed E-state index contributed by atoms with van der Waals surface area (Å²) in [4.78, 5) is 12.3. The molecule has 0 spiro atoms. The summed E-state index contributed by atoms with van der Waals surface area (Å²) < 4.78 is 0. The minimum absolute atomic E-state index is 0.0840. The lowest BCUT2D eigenvalue weighted by Gasteiger charge is -2.27. The van der Waals surface area contributed by atoms with Crippen LogP contribution in [0.1, 0.15) is 38.2 Å². The number of benzene rings is 1. The Hall–Kier alpha value is -1.51. The number of hydrogen-bond acceptors (Lipinski definition) is 2. The lowest BCUT2D eigenvalue weighted by atomic mass is 9.85.